The van der Waals surface area contributed by atoms with E-state index in [4.69, 9.17) is 13.9 Å². The van der Waals surface area contributed by atoms with Gasteiger partial charge in [-0.1, -0.05) is 6.92 Å². The number of ether oxygens (including phenoxy) is 2. The number of fused-ring (bicyclic) bond motifs is 1. The third-order valence-electron chi connectivity index (χ3n) is 4.50. The second-order valence-corrected chi connectivity index (χ2v) is 7.54. The van der Waals surface area contributed by atoms with Crippen LogP contribution in [0.1, 0.15) is 36.3 Å². The number of carbonyl (C=O) groups excluding carboxylic acids is 3. The average molecular weight is 431 g/mol. The van der Waals surface area contributed by atoms with E-state index in [9.17, 15) is 19.6 Å². The summed E-state index contributed by atoms with van der Waals surface area (Å²) in [5.74, 6) is -0.285. The molecule has 1 aliphatic heterocycles. The predicted molar refractivity (Wildman–Crippen MR) is 107 cm³/mol. The maximum atomic E-state index is 12.6. The van der Waals surface area contributed by atoms with Gasteiger partial charge in [0.25, 0.3) is 0 Å². The van der Waals surface area contributed by atoms with Crippen LogP contribution in [0.25, 0.3) is 0 Å². The number of nitriles is 1. The number of hydrogen-bond acceptors (Lipinski definition) is 8. The Kier molecular flexibility index (Phi) is 6.74. The predicted octanol–water partition coefficient (Wildman–Crippen LogP) is 3.35. The van der Waals surface area contributed by atoms with E-state index in [1.807, 2.05) is 0 Å². The largest absolute Gasteiger partial charge is 0.462 e. The second kappa shape index (κ2) is 9.45. The molecule has 0 radical (unpaired) electrons. The fourth-order valence-electron chi connectivity index (χ4n) is 3.11. The SMILES string of the molecule is CCC(=O)N(c1ccco1)c1sc2c(c1C#N)CCN(C(=O)OCCOC(C)=O)C2. The molecule has 158 valence electrons. The van der Waals surface area contributed by atoms with Crippen molar-refractivity contribution in [2.45, 2.75) is 33.2 Å². The zero-order valence-corrected chi connectivity index (χ0v) is 17.5. The van der Waals surface area contributed by atoms with Gasteiger partial charge in [0.1, 0.15) is 24.3 Å². The smallest absolute Gasteiger partial charge is 0.410 e. The molecule has 3 heterocycles. The van der Waals surface area contributed by atoms with Crippen molar-refractivity contribution < 1.29 is 28.3 Å². The highest BCUT2D eigenvalue weighted by atomic mass is 32.1. The summed E-state index contributed by atoms with van der Waals surface area (Å²) in [6.45, 7) is 3.65. The minimum absolute atomic E-state index is 0.000863. The quantitative estimate of drug-likeness (QED) is 0.509. The lowest BCUT2D eigenvalue weighted by molar-refractivity contribution is -0.142. The number of amides is 2. The van der Waals surface area contributed by atoms with E-state index in [2.05, 4.69) is 6.07 Å². The summed E-state index contributed by atoms with van der Waals surface area (Å²) in [6, 6.07) is 5.56. The Morgan fingerprint density at radius 1 is 1.33 bits per heavy atom. The van der Waals surface area contributed by atoms with E-state index >= 15 is 0 Å². The van der Waals surface area contributed by atoms with Crippen LogP contribution in [0.3, 0.4) is 0 Å². The van der Waals surface area contributed by atoms with Crippen LogP contribution in [0.4, 0.5) is 15.7 Å². The Bertz CT molecular complexity index is 976. The van der Waals surface area contributed by atoms with Crippen LogP contribution in [-0.4, -0.2) is 42.6 Å². The van der Waals surface area contributed by atoms with Gasteiger partial charge in [-0.15, -0.1) is 11.3 Å². The van der Waals surface area contributed by atoms with Gasteiger partial charge >= 0.3 is 12.1 Å². The van der Waals surface area contributed by atoms with Gasteiger partial charge in [-0.2, -0.15) is 5.26 Å². The molecule has 3 rings (SSSR count). The number of carbonyl (C=O) groups is 3. The zero-order valence-electron chi connectivity index (χ0n) is 16.7. The molecule has 0 unspecified atom stereocenters. The second-order valence-electron chi connectivity index (χ2n) is 6.46. The Hall–Kier alpha value is -3.32. The molecule has 0 fully saturated rings. The van der Waals surface area contributed by atoms with E-state index in [0.717, 1.165) is 10.4 Å². The van der Waals surface area contributed by atoms with Crippen molar-refractivity contribution in [2.24, 2.45) is 0 Å². The molecule has 2 amide bonds. The number of nitrogens with zero attached hydrogens (tertiary/aromatic N) is 3. The molecule has 0 spiro atoms. The lowest BCUT2D eigenvalue weighted by atomic mass is 10.0. The number of anilines is 2. The topological polar surface area (TPSA) is 113 Å². The normalized spacial score (nSPS) is 12.6. The van der Waals surface area contributed by atoms with Crippen LogP contribution in [0.15, 0.2) is 22.8 Å². The van der Waals surface area contributed by atoms with Crippen LogP contribution in [0.2, 0.25) is 0 Å². The Balaban J connectivity index is 1.80. The average Bonchev–Trinajstić information content (AvgIpc) is 3.38. The Morgan fingerprint density at radius 2 is 2.10 bits per heavy atom. The van der Waals surface area contributed by atoms with Gasteiger partial charge < -0.3 is 18.8 Å². The molecular formula is C20H21N3O6S. The molecule has 0 saturated carbocycles. The van der Waals surface area contributed by atoms with E-state index in [0.29, 0.717) is 29.4 Å². The van der Waals surface area contributed by atoms with Crippen molar-refractivity contribution in [2.75, 3.05) is 24.7 Å². The van der Waals surface area contributed by atoms with Gasteiger partial charge in [0, 0.05) is 30.8 Å². The molecule has 0 saturated heterocycles. The van der Waals surface area contributed by atoms with Crippen molar-refractivity contribution in [1.82, 2.24) is 4.90 Å². The molecule has 1 aliphatic rings. The molecule has 9 nitrogen and oxygen atoms in total. The number of furan rings is 1. The van der Waals surface area contributed by atoms with Crippen LogP contribution in [0, 0.1) is 11.3 Å². The molecule has 0 N–H and O–H groups in total. The number of thiophene rings is 1. The van der Waals surface area contributed by atoms with Crippen molar-refractivity contribution in [3.05, 3.63) is 34.4 Å². The lowest BCUT2D eigenvalue weighted by Crippen LogP contribution is -2.36. The number of rotatable bonds is 6. The highest BCUT2D eigenvalue weighted by Crippen LogP contribution is 2.42. The Morgan fingerprint density at radius 3 is 2.73 bits per heavy atom. The highest BCUT2D eigenvalue weighted by molar-refractivity contribution is 7.16. The van der Waals surface area contributed by atoms with Gasteiger partial charge in [0.2, 0.25) is 11.8 Å². The summed E-state index contributed by atoms with van der Waals surface area (Å²) < 4.78 is 15.3. The first-order valence-corrected chi connectivity index (χ1v) is 10.2. The molecule has 10 heteroatoms. The number of hydrogen-bond donors (Lipinski definition) is 0. The summed E-state index contributed by atoms with van der Waals surface area (Å²) in [4.78, 5) is 39.4. The summed E-state index contributed by atoms with van der Waals surface area (Å²) in [5, 5.41) is 10.3. The maximum absolute atomic E-state index is 12.6. The molecule has 0 atom stereocenters. The monoisotopic (exact) mass is 431 g/mol. The van der Waals surface area contributed by atoms with Crippen LogP contribution >= 0.6 is 11.3 Å². The molecule has 2 aromatic rings. The highest BCUT2D eigenvalue weighted by Gasteiger charge is 2.32. The minimum atomic E-state index is -0.520. The van der Waals surface area contributed by atoms with Gasteiger partial charge in [0.05, 0.1) is 18.4 Å². The first-order valence-electron chi connectivity index (χ1n) is 9.42. The third kappa shape index (κ3) is 4.46. The van der Waals surface area contributed by atoms with Gasteiger partial charge in [0.15, 0.2) is 0 Å². The maximum Gasteiger partial charge on any atom is 0.410 e. The summed E-state index contributed by atoms with van der Waals surface area (Å²) >= 11 is 1.29. The molecule has 2 aromatic heterocycles. The van der Waals surface area contributed by atoms with Gasteiger partial charge in [-0.25, -0.2) is 9.69 Å². The number of esters is 1. The molecule has 0 aliphatic carbocycles. The Labute approximate surface area is 177 Å². The fraction of sp³-hybridized carbons (Fsp3) is 0.400. The summed E-state index contributed by atoms with van der Waals surface area (Å²) in [6.07, 6.45) is 1.67. The molecule has 0 aromatic carbocycles. The van der Waals surface area contributed by atoms with Crippen LogP contribution in [-0.2, 0) is 32.0 Å². The molecule has 30 heavy (non-hydrogen) atoms. The van der Waals surface area contributed by atoms with Crippen molar-refractivity contribution in [3.63, 3.8) is 0 Å². The van der Waals surface area contributed by atoms with E-state index < -0.39 is 12.1 Å². The van der Waals surface area contributed by atoms with Crippen molar-refractivity contribution in [1.29, 1.82) is 5.26 Å². The molecule has 0 bridgehead atoms. The fourth-order valence-corrected chi connectivity index (χ4v) is 4.45. The van der Waals surface area contributed by atoms with Crippen LogP contribution in [0.5, 0.6) is 0 Å². The standard InChI is InChI=1S/C20H21N3O6S/c1-3-17(25)23(18-5-4-8-28-18)19-15(11-21)14-6-7-22(12-16(14)30-19)20(26)29-10-9-27-13(2)24/h4-5,8H,3,6-7,9-10,12H2,1-2H3. The van der Waals surface area contributed by atoms with Crippen molar-refractivity contribution in [3.8, 4) is 6.07 Å². The first-order chi connectivity index (χ1) is 14.5. The van der Waals surface area contributed by atoms with Crippen molar-refractivity contribution >= 4 is 40.2 Å². The third-order valence-corrected chi connectivity index (χ3v) is 5.71. The minimum Gasteiger partial charge on any atom is -0.462 e. The van der Waals surface area contributed by atoms with Crippen LogP contribution < -0.4 is 4.90 Å². The molecular weight excluding hydrogens is 410 g/mol. The first kappa shape index (κ1) is 21.4. The summed E-state index contributed by atoms with van der Waals surface area (Å²) in [5.41, 5.74) is 1.26. The van der Waals surface area contributed by atoms with E-state index in [1.165, 1.54) is 34.3 Å². The zero-order chi connectivity index (χ0) is 21.7. The van der Waals surface area contributed by atoms with E-state index in [1.54, 1.807) is 19.1 Å². The lowest BCUT2D eigenvalue weighted by Gasteiger charge is -2.26. The van der Waals surface area contributed by atoms with E-state index in [-0.39, 0.29) is 32.1 Å². The van der Waals surface area contributed by atoms with Gasteiger partial charge in [-0.05, 0) is 18.1 Å². The summed E-state index contributed by atoms with van der Waals surface area (Å²) in [7, 11) is 0. The van der Waals surface area contributed by atoms with Gasteiger partial charge in [-0.3, -0.25) is 9.59 Å².